The Hall–Kier alpha value is -0.920. The normalized spacial score (nSPS) is 11.8. The van der Waals surface area contributed by atoms with Gasteiger partial charge in [-0.15, -0.1) is 0 Å². The minimum Gasteiger partial charge on any atom is -0.335 e. The van der Waals surface area contributed by atoms with Crippen molar-refractivity contribution < 1.29 is 17.2 Å². The highest BCUT2D eigenvalue weighted by Gasteiger charge is 2.02. The lowest BCUT2D eigenvalue weighted by atomic mass is 10.7. The second-order valence-electron chi connectivity index (χ2n) is 2.05. The van der Waals surface area contributed by atoms with Crippen molar-refractivity contribution in [2.75, 3.05) is 6.61 Å². The number of rotatable bonds is 4. The predicted molar refractivity (Wildman–Crippen MR) is 39.7 cm³/mol. The molecule has 0 saturated heterocycles. The molecule has 0 spiro atoms. The first-order valence-electron chi connectivity index (χ1n) is 3.15. The summed E-state index contributed by atoms with van der Waals surface area (Å²) in [7, 11) is -4.31. The monoisotopic (exact) mass is 192 g/mol. The van der Waals surface area contributed by atoms with Crippen LogP contribution in [0, 0.1) is 0 Å². The Morgan fingerprint density at radius 2 is 2.33 bits per heavy atom. The van der Waals surface area contributed by atoms with Gasteiger partial charge in [0.25, 0.3) is 0 Å². The lowest BCUT2D eigenvalue weighted by Gasteiger charge is -1.99. The van der Waals surface area contributed by atoms with Crippen molar-refractivity contribution in [2.45, 2.75) is 6.54 Å². The number of aromatic nitrogens is 2. The first-order valence-corrected chi connectivity index (χ1v) is 4.52. The van der Waals surface area contributed by atoms with Crippen molar-refractivity contribution in [3.8, 4) is 0 Å². The molecule has 0 atom stereocenters. The zero-order valence-corrected chi connectivity index (χ0v) is 6.94. The molecular formula is C5H8N2O4S. The lowest BCUT2D eigenvalue weighted by molar-refractivity contribution is 0.257. The number of hydrogen-bond acceptors (Lipinski definition) is 4. The smallest absolute Gasteiger partial charge is 0.335 e. The van der Waals surface area contributed by atoms with Gasteiger partial charge in [0, 0.05) is 18.9 Å². The molecule has 0 aromatic carbocycles. The van der Waals surface area contributed by atoms with Crippen LogP contribution < -0.4 is 0 Å². The Morgan fingerprint density at radius 1 is 1.58 bits per heavy atom. The van der Waals surface area contributed by atoms with Crippen LogP contribution in [0.3, 0.4) is 0 Å². The van der Waals surface area contributed by atoms with Crippen LogP contribution in [0.25, 0.3) is 0 Å². The molecule has 0 aliphatic heterocycles. The third-order valence-corrected chi connectivity index (χ3v) is 1.61. The summed E-state index contributed by atoms with van der Waals surface area (Å²) in [5.74, 6) is 0. The number of nitrogens with zero attached hydrogens (tertiary/aromatic N) is 2. The molecule has 1 heterocycles. The second-order valence-corrected chi connectivity index (χ2v) is 3.14. The molecule has 0 radical (unpaired) electrons. The average Bonchev–Trinajstić information content (AvgIpc) is 2.36. The Labute approximate surface area is 69.8 Å². The summed E-state index contributed by atoms with van der Waals surface area (Å²) in [6.07, 6.45) is 4.74. The van der Waals surface area contributed by atoms with Crippen LogP contribution in [-0.2, 0) is 21.1 Å². The molecule has 0 aliphatic rings. The van der Waals surface area contributed by atoms with Crippen LogP contribution in [0.1, 0.15) is 0 Å². The van der Waals surface area contributed by atoms with Gasteiger partial charge in [-0.25, -0.2) is 9.17 Å². The lowest BCUT2D eigenvalue weighted by Crippen LogP contribution is -2.09. The third kappa shape index (κ3) is 3.46. The van der Waals surface area contributed by atoms with Gasteiger partial charge in [0.1, 0.15) is 0 Å². The summed E-state index contributed by atoms with van der Waals surface area (Å²) in [5.41, 5.74) is 0. The van der Waals surface area contributed by atoms with Gasteiger partial charge >= 0.3 is 10.4 Å². The largest absolute Gasteiger partial charge is 0.397 e. The number of imidazole rings is 1. The molecule has 1 N–H and O–H groups in total. The summed E-state index contributed by atoms with van der Waals surface area (Å²) in [6.45, 7) is 0.231. The molecule has 1 rings (SSSR count). The van der Waals surface area contributed by atoms with E-state index in [0.29, 0.717) is 6.54 Å². The predicted octanol–water partition coefficient (Wildman–Crippen LogP) is -0.298. The van der Waals surface area contributed by atoms with Gasteiger partial charge in [-0.2, -0.15) is 8.42 Å². The third-order valence-electron chi connectivity index (χ3n) is 1.14. The highest BCUT2D eigenvalue weighted by molar-refractivity contribution is 7.80. The standard InChI is InChI=1S/C5H8N2O4S/c8-12(9,10)11-4-3-7-2-1-6-5-7/h1-2,5H,3-4H2,(H,8,9,10). The van der Waals surface area contributed by atoms with E-state index in [0.717, 1.165) is 0 Å². The highest BCUT2D eigenvalue weighted by atomic mass is 32.3. The molecule has 7 heteroatoms. The fourth-order valence-corrected chi connectivity index (χ4v) is 0.952. The Morgan fingerprint density at radius 3 is 2.83 bits per heavy atom. The minimum absolute atomic E-state index is 0.102. The Kier molecular flexibility index (Phi) is 2.79. The van der Waals surface area contributed by atoms with Crippen LogP contribution in [0.4, 0.5) is 0 Å². The van der Waals surface area contributed by atoms with Crippen LogP contribution >= 0.6 is 0 Å². The fraction of sp³-hybridized carbons (Fsp3) is 0.400. The second kappa shape index (κ2) is 3.65. The Bertz CT molecular complexity index is 317. The molecule has 0 amide bonds. The zero-order chi connectivity index (χ0) is 9.03. The number of hydrogen-bond donors (Lipinski definition) is 1. The van der Waals surface area contributed by atoms with Gasteiger partial charge in [-0.05, 0) is 0 Å². The van der Waals surface area contributed by atoms with E-state index in [1.165, 1.54) is 6.33 Å². The van der Waals surface area contributed by atoms with Gasteiger partial charge < -0.3 is 4.57 Å². The highest BCUT2D eigenvalue weighted by Crippen LogP contribution is 1.89. The van der Waals surface area contributed by atoms with E-state index >= 15 is 0 Å². The van der Waals surface area contributed by atoms with Crippen LogP contribution in [0.5, 0.6) is 0 Å². The summed E-state index contributed by atoms with van der Waals surface area (Å²) < 4.78 is 34.0. The average molecular weight is 192 g/mol. The van der Waals surface area contributed by atoms with Crippen LogP contribution in [0.15, 0.2) is 18.7 Å². The Balaban J connectivity index is 2.29. The molecule has 0 aliphatic carbocycles. The maximum atomic E-state index is 10.1. The van der Waals surface area contributed by atoms with Gasteiger partial charge in [-0.3, -0.25) is 4.55 Å². The minimum atomic E-state index is -4.31. The van der Waals surface area contributed by atoms with Crippen molar-refractivity contribution >= 4 is 10.4 Å². The van der Waals surface area contributed by atoms with Gasteiger partial charge in [0.15, 0.2) is 0 Å². The summed E-state index contributed by atoms with van der Waals surface area (Å²) in [6, 6.07) is 0. The van der Waals surface area contributed by atoms with E-state index in [1.54, 1.807) is 17.0 Å². The first-order chi connectivity index (χ1) is 5.58. The molecule has 0 unspecified atom stereocenters. The van der Waals surface area contributed by atoms with E-state index in [-0.39, 0.29) is 6.61 Å². The zero-order valence-electron chi connectivity index (χ0n) is 6.12. The van der Waals surface area contributed by atoms with Crippen molar-refractivity contribution in [1.29, 1.82) is 0 Å². The van der Waals surface area contributed by atoms with Crippen LogP contribution in [0.2, 0.25) is 0 Å². The molecule has 0 saturated carbocycles. The maximum absolute atomic E-state index is 10.1. The molecule has 0 fully saturated rings. The van der Waals surface area contributed by atoms with E-state index < -0.39 is 10.4 Å². The fourth-order valence-electron chi connectivity index (χ4n) is 0.667. The van der Waals surface area contributed by atoms with E-state index in [1.807, 2.05) is 0 Å². The van der Waals surface area contributed by atoms with E-state index in [4.69, 9.17) is 4.55 Å². The van der Waals surface area contributed by atoms with Crippen molar-refractivity contribution in [3.63, 3.8) is 0 Å². The van der Waals surface area contributed by atoms with Crippen molar-refractivity contribution in [3.05, 3.63) is 18.7 Å². The molecule has 0 bridgehead atoms. The quantitative estimate of drug-likeness (QED) is 0.662. The topological polar surface area (TPSA) is 81.4 Å². The molecule has 12 heavy (non-hydrogen) atoms. The van der Waals surface area contributed by atoms with Gasteiger partial charge in [0.2, 0.25) is 0 Å². The van der Waals surface area contributed by atoms with Gasteiger partial charge in [-0.1, -0.05) is 0 Å². The molecular weight excluding hydrogens is 184 g/mol. The van der Waals surface area contributed by atoms with Crippen LogP contribution in [-0.4, -0.2) is 29.1 Å². The maximum Gasteiger partial charge on any atom is 0.397 e. The summed E-state index contributed by atoms with van der Waals surface area (Å²) >= 11 is 0. The molecule has 1 aromatic rings. The molecule has 6 nitrogen and oxygen atoms in total. The molecule has 1 aromatic heterocycles. The van der Waals surface area contributed by atoms with Crippen molar-refractivity contribution in [1.82, 2.24) is 9.55 Å². The molecule has 68 valence electrons. The first kappa shape index (κ1) is 9.17. The van der Waals surface area contributed by atoms with E-state index in [9.17, 15) is 8.42 Å². The summed E-state index contributed by atoms with van der Waals surface area (Å²) in [4.78, 5) is 3.73. The van der Waals surface area contributed by atoms with Crippen molar-refractivity contribution in [2.24, 2.45) is 0 Å². The SMILES string of the molecule is O=S(=O)(O)OCCn1ccnc1. The van der Waals surface area contributed by atoms with Gasteiger partial charge in [0.05, 0.1) is 12.9 Å². The van der Waals surface area contributed by atoms with E-state index in [2.05, 4.69) is 9.17 Å². The summed E-state index contributed by atoms with van der Waals surface area (Å²) in [5, 5.41) is 0.